The quantitative estimate of drug-likeness (QED) is 0.409. The average molecular weight is 337 g/mol. The SMILES string of the molecule is CCCCC1=CC(O)(CCCC)C(CCCC)C(O)=C1CCCC. The number of hydrogen-bond donors (Lipinski definition) is 2. The summed E-state index contributed by atoms with van der Waals surface area (Å²) in [6.45, 7) is 8.74. The van der Waals surface area contributed by atoms with Crippen molar-refractivity contribution in [1.82, 2.24) is 0 Å². The van der Waals surface area contributed by atoms with E-state index in [2.05, 4.69) is 33.8 Å². The first-order valence-corrected chi connectivity index (χ1v) is 10.4. The van der Waals surface area contributed by atoms with Gasteiger partial charge in [0.2, 0.25) is 0 Å². The highest BCUT2D eigenvalue weighted by Gasteiger charge is 2.41. The van der Waals surface area contributed by atoms with Crippen LogP contribution in [0.5, 0.6) is 0 Å². The molecule has 0 aromatic rings. The van der Waals surface area contributed by atoms with Crippen LogP contribution in [0.1, 0.15) is 105 Å². The van der Waals surface area contributed by atoms with Gasteiger partial charge in [0.25, 0.3) is 0 Å². The minimum Gasteiger partial charge on any atom is -0.512 e. The van der Waals surface area contributed by atoms with E-state index < -0.39 is 5.60 Å². The molecule has 0 aliphatic heterocycles. The van der Waals surface area contributed by atoms with Gasteiger partial charge in [-0.15, -0.1) is 0 Å². The third-order valence-electron chi connectivity index (χ3n) is 5.41. The van der Waals surface area contributed by atoms with Gasteiger partial charge in [0.05, 0.1) is 5.60 Å². The van der Waals surface area contributed by atoms with Crippen molar-refractivity contribution in [3.8, 4) is 0 Å². The van der Waals surface area contributed by atoms with Gasteiger partial charge in [0, 0.05) is 5.92 Å². The maximum atomic E-state index is 11.4. The Morgan fingerprint density at radius 2 is 1.46 bits per heavy atom. The van der Waals surface area contributed by atoms with Crippen LogP contribution in [-0.2, 0) is 0 Å². The zero-order valence-electron chi connectivity index (χ0n) is 16.5. The smallest absolute Gasteiger partial charge is 0.102 e. The number of rotatable bonds is 12. The van der Waals surface area contributed by atoms with Crippen LogP contribution in [0.15, 0.2) is 23.0 Å². The molecule has 0 spiro atoms. The molecule has 0 aromatic carbocycles. The Labute approximate surface area is 150 Å². The van der Waals surface area contributed by atoms with E-state index in [-0.39, 0.29) is 5.92 Å². The lowest BCUT2D eigenvalue weighted by Crippen LogP contribution is -2.40. The molecule has 0 saturated carbocycles. The third kappa shape index (κ3) is 5.65. The Bertz CT molecular complexity index is 422. The monoisotopic (exact) mass is 336 g/mol. The maximum Gasteiger partial charge on any atom is 0.102 e. The topological polar surface area (TPSA) is 40.5 Å². The molecule has 2 heteroatoms. The summed E-state index contributed by atoms with van der Waals surface area (Å²) in [4.78, 5) is 0. The lowest BCUT2D eigenvalue weighted by Gasteiger charge is -2.39. The molecule has 0 saturated heterocycles. The second-order valence-corrected chi connectivity index (χ2v) is 7.53. The Hall–Kier alpha value is -0.760. The van der Waals surface area contributed by atoms with E-state index in [1.54, 1.807) is 0 Å². The van der Waals surface area contributed by atoms with Crippen molar-refractivity contribution < 1.29 is 10.2 Å². The Morgan fingerprint density at radius 3 is 2.04 bits per heavy atom. The predicted octanol–water partition coefficient (Wildman–Crippen LogP) is 6.85. The summed E-state index contributed by atoms with van der Waals surface area (Å²) >= 11 is 0. The molecule has 0 radical (unpaired) electrons. The summed E-state index contributed by atoms with van der Waals surface area (Å²) in [5.41, 5.74) is 1.51. The average Bonchev–Trinajstić information content (AvgIpc) is 2.57. The van der Waals surface area contributed by atoms with E-state index in [0.717, 1.165) is 82.6 Å². The first kappa shape index (κ1) is 21.3. The molecule has 0 fully saturated rings. The zero-order valence-corrected chi connectivity index (χ0v) is 16.5. The molecule has 1 rings (SSSR count). The van der Waals surface area contributed by atoms with Crippen LogP contribution >= 0.6 is 0 Å². The second kappa shape index (κ2) is 11.0. The maximum absolute atomic E-state index is 11.4. The molecule has 140 valence electrons. The van der Waals surface area contributed by atoms with Crippen molar-refractivity contribution in [2.45, 2.75) is 110 Å². The summed E-state index contributed by atoms with van der Waals surface area (Å²) in [5.74, 6) is 0.394. The largest absolute Gasteiger partial charge is 0.512 e. The van der Waals surface area contributed by atoms with Crippen molar-refractivity contribution in [3.63, 3.8) is 0 Å². The standard InChI is InChI=1S/C22H40O2/c1-5-9-13-18-17-22(24,16-12-8-4)20(15-11-7-3)21(23)19(18)14-10-6-2/h17,20,23-24H,5-16H2,1-4H3. The van der Waals surface area contributed by atoms with Gasteiger partial charge < -0.3 is 10.2 Å². The molecule has 2 N–H and O–H groups in total. The highest BCUT2D eigenvalue weighted by molar-refractivity contribution is 5.41. The number of hydrogen-bond acceptors (Lipinski definition) is 2. The van der Waals surface area contributed by atoms with E-state index in [1.165, 1.54) is 5.57 Å². The van der Waals surface area contributed by atoms with Crippen LogP contribution in [-0.4, -0.2) is 15.8 Å². The molecule has 1 aliphatic carbocycles. The van der Waals surface area contributed by atoms with Crippen LogP contribution in [0.25, 0.3) is 0 Å². The van der Waals surface area contributed by atoms with Crippen LogP contribution in [0.2, 0.25) is 0 Å². The van der Waals surface area contributed by atoms with Crippen LogP contribution in [0.3, 0.4) is 0 Å². The van der Waals surface area contributed by atoms with Gasteiger partial charge >= 0.3 is 0 Å². The van der Waals surface area contributed by atoms with Crippen LogP contribution in [0, 0.1) is 5.92 Å². The van der Waals surface area contributed by atoms with Gasteiger partial charge in [-0.3, -0.25) is 0 Å². The fourth-order valence-corrected chi connectivity index (χ4v) is 3.83. The summed E-state index contributed by atoms with van der Waals surface area (Å²) in [6, 6.07) is 0. The van der Waals surface area contributed by atoms with Crippen molar-refractivity contribution >= 4 is 0 Å². The van der Waals surface area contributed by atoms with E-state index in [1.807, 2.05) is 0 Å². The Balaban J connectivity index is 3.16. The van der Waals surface area contributed by atoms with Crippen molar-refractivity contribution in [3.05, 3.63) is 23.0 Å². The molecule has 0 aromatic heterocycles. The second-order valence-electron chi connectivity index (χ2n) is 7.53. The number of unbranched alkanes of at least 4 members (excludes halogenated alkanes) is 4. The zero-order chi connectivity index (χ0) is 18.0. The molecular weight excluding hydrogens is 296 g/mol. The Morgan fingerprint density at radius 1 is 0.875 bits per heavy atom. The lowest BCUT2D eigenvalue weighted by molar-refractivity contribution is 0.00728. The number of aliphatic hydroxyl groups is 2. The van der Waals surface area contributed by atoms with Gasteiger partial charge in [-0.2, -0.15) is 0 Å². The molecule has 2 nitrogen and oxygen atoms in total. The number of allylic oxidation sites excluding steroid dienone is 2. The molecule has 1 aliphatic rings. The third-order valence-corrected chi connectivity index (χ3v) is 5.41. The Kier molecular flexibility index (Phi) is 9.73. The van der Waals surface area contributed by atoms with Crippen LogP contribution in [0.4, 0.5) is 0 Å². The fraction of sp³-hybridized carbons (Fsp3) is 0.818. The van der Waals surface area contributed by atoms with Crippen LogP contribution < -0.4 is 0 Å². The minimum absolute atomic E-state index is 0.110. The van der Waals surface area contributed by atoms with Crippen molar-refractivity contribution in [1.29, 1.82) is 0 Å². The van der Waals surface area contributed by atoms with Crippen molar-refractivity contribution in [2.75, 3.05) is 0 Å². The minimum atomic E-state index is -0.853. The first-order valence-electron chi connectivity index (χ1n) is 10.4. The summed E-state index contributed by atoms with van der Waals surface area (Å²) in [7, 11) is 0. The molecule has 0 bridgehead atoms. The van der Waals surface area contributed by atoms with E-state index in [0.29, 0.717) is 5.76 Å². The highest BCUT2D eigenvalue weighted by atomic mass is 16.3. The van der Waals surface area contributed by atoms with E-state index >= 15 is 0 Å². The van der Waals surface area contributed by atoms with E-state index in [9.17, 15) is 10.2 Å². The fourth-order valence-electron chi connectivity index (χ4n) is 3.83. The lowest BCUT2D eigenvalue weighted by atomic mass is 9.71. The predicted molar refractivity (Wildman–Crippen MR) is 104 cm³/mol. The summed E-state index contributed by atoms with van der Waals surface area (Å²) in [6.07, 6.45) is 14.5. The molecule has 2 unspecified atom stereocenters. The van der Waals surface area contributed by atoms with Gasteiger partial charge in [0.15, 0.2) is 0 Å². The highest BCUT2D eigenvalue weighted by Crippen LogP contribution is 2.43. The normalized spacial score (nSPS) is 24.4. The summed E-state index contributed by atoms with van der Waals surface area (Å²) < 4.78 is 0. The van der Waals surface area contributed by atoms with Gasteiger partial charge in [-0.25, -0.2) is 0 Å². The molecule has 2 atom stereocenters. The summed E-state index contributed by atoms with van der Waals surface area (Å²) in [5, 5.41) is 22.5. The van der Waals surface area contributed by atoms with Gasteiger partial charge in [-0.1, -0.05) is 66.2 Å². The van der Waals surface area contributed by atoms with Gasteiger partial charge in [-0.05, 0) is 55.7 Å². The van der Waals surface area contributed by atoms with Crippen molar-refractivity contribution in [2.24, 2.45) is 5.92 Å². The molecule has 24 heavy (non-hydrogen) atoms. The molecule has 0 heterocycles. The first-order chi connectivity index (χ1) is 11.5. The molecular formula is C22H40O2. The number of aliphatic hydroxyl groups excluding tert-OH is 1. The molecule has 0 amide bonds. The van der Waals surface area contributed by atoms with E-state index in [4.69, 9.17) is 0 Å². The van der Waals surface area contributed by atoms with Gasteiger partial charge in [0.1, 0.15) is 5.76 Å².